The second-order valence-electron chi connectivity index (χ2n) is 3.59. The third kappa shape index (κ3) is 3.44. The van der Waals surface area contributed by atoms with Crippen LogP contribution in [0.15, 0.2) is 24.3 Å². The molecule has 1 aliphatic rings. The quantitative estimate of drug-likeness (QED) is 0.302. The maximum Gasteiger partial charge on any atom is 0.326 e. The van der Waals surface area contributed by atoms with Gasteiger partial charge in [0.1, 0.15) is 6.04 Å². The lowest BCUT2D eigenvalue weighted by Gasteiger charge is -2.27. The molecule has 0 aromatic carbocycles. The van der Waals surface area contributed by atoms with Gasteiger partial charge in [-0.2, -0.15) is 5.48 Å². The summed E-state index contributed by atoms with van der Waals surface area (Å²) in [6.45, 7) is 6.58. The van der Waals surface area contributed by atoms with E-state index >= 15 is 0 Å². The number of nitrogens with one attached hydrogen (secondary N) is 2. The van der Waals surface area contributed by atoms with Crippen molar-refractivity contribution in [2.45, 2.75) is 19.0 Å². The van der Waals surface area contributed by atoms with Gasteiger partial charge in [-0.25, -0.2) is 0 Å². The van der Waals surface area contributed by atoms with E-state index in [0.717, 1.165) is 5.57 Å². The maximum absolute atomic E-state index is 11.3. The van der Waals surface area contributed by atoms with E-state index in [1.54, 1.807) is 6.08 Å². The Kier molecular flexibility index (Phi) is 5.18. The van der Waals surface area contributed by atoms with Crippen LogP contribution in [0.5, 0.6) is 0 Å². The van der Waals surface area contributed by atoms with Crippen LogP contribution in [0.3, 0.4) is 0 Å². The summed E-state index contributed by atoms with van der Waals surface area (Å²) in [6, 6.07) is -0.289. The van der Waals surface area contributed by atoms with Crippen LogP contribution >= 0.6 is 0 Å². The van der Waals surface area contributed by atoms with Crippen molar-refractivity contribution in [3.05, 3.63) is 24.3 Å². The summed E-state index contributed by atoms with van der Waals surface area (Å²) in [4.78, 5) is 16.4. The standard InChI is InChI=1S/C11H18N2O3/c1-4-5-16-13-10-7-12-9(6-8(10)2)11(14)15-3/h4,6,9-10,12-13H,1,5,7H2,2-3H3/t9-,10-/m0/s1. The van der Waals surface area contributed by atoms with Crippen LogP contribution in [0.4, 0.5) is 0 Å². The lowest BCUT2D eigenvalue weighted by Crippen LogP contribution is -2.49. The van der Waals surface area contributed by atoms with E-state index in [9.17, 15) is 4.79 Å². The minimum atomic E-state index is -0.359. The number of rotatable bonds is 5. The van der Waals surface area contributed by atoms with Crippen molar-refractivity contribution < 1.29 is 14.4 Å². The van der Waals surface area contributed by atoms with E-state index in [1.807, 2.05) is 13.0 Å². The van der Waals surface area contributed by atoms with E-state index in [0.29, 0.717) is 13.2 Å². The van der Waals surface area contributed by atoms with Gasteiger partial charge in [0.2, 0.25) is 0 Å². The minimum Gasteiger partial charge on any atom is -0.468 e. The molecule has 0 spiro atoms. The Labute approximate surface area is 95.4 Å². The highest BCUT2D eigenvalue weighted by Crippen LogP contribution is 2.09. The third-order valence-electron chi connectivity index (χ3n) is 2.40. The molecule has 0 bridgehead atoms. The molecule has 0 saturated heterocycles. The molecular formula is C11H18N2O3. The molecule has 2 atom stereocenters. The highest BCUT2D eigenvalue weighted by Gasteiger charge is 2.24. The number of hydroxylamine groups is 1. The fourth-order valence-corrected chi connectivity index (χ4v) is 1.46. The van der Waals surface area contributed by atoms with Crippen LogP contribution in [0.1, 0.15) is 6.92 Å². The molecule has 0 amide bonds. The monoisotopic (exact) mass is 226 g/mol. The van der Waals surface area contributed by atoms with Crippen LogP contribution in [-0.2, 0) is 14.4 Å². The first-order chi connectivity index (χ1) is 7.69. The number of carbonyl (C=O) groups is 1. The zero-order chi connectivity index (χ0) is 12.0. The van der Waals surface area contributed by atoms with Crippen LogP contribution in [0, 0.1) is 0 Å². The van der Waals surface area contributed by atoms with Gasteiger partial charge >= 0.3 is 5.97 Å². The van der Waals surface area contributed by atoms with Crippen LogP contribution < -0.4 is 10.8 Å². The second-order valence-corrected chi connectivity index (χ2v) is 3.59. The van der Waals surface area contributed by atoms with Crippen molar-refractivity contribution in [1.82, 2.24) is 10.8 Å². The van der Waals surface area contributed by atoms with E-state index in [1.165, 1.54) is 7.11 Å². The summed E-state index contributed by atoms with van der Waals surface area (Å²) in [7, 11) is 1.38. The lowest BCUT2D eigenvalue weighted by atomic mass is 10.0. The fourth-order valence-electron chi connectivity index (χ4n) is 1.46. The normalized spacial score (nSPS) is 24.8. The minimum absolute atomic E-state index is 0.0702. The first-order valence-corrected chi connectivity index (χ1v) is 5.16. The third-order valence-corrected chi connectivity index (χ3v) is 2.40. The largest absolute Gasteiger partial charge is 0.468 e. The van der Waals surface area contributed by atoms with Gasteiger partial charge in [-0.05, 0) is 6.92 Å². The number of ether oxygens (including phenoxy) is 1. The first kappa shape index (κ1) is 12.9. The Morgan fingerprint density at radius 3 is 3.12 bits per heavy atom. The van der Waals surface area contributed by atoms with E-state index in [2.05, 4.69) is 22.1 Å². The van der Waals surface area contributed by atoms with Crippen LogP contribution in [-0.4, -0.2) is 38.3 Å². The van der Waals surface area contributed by atoms with Crippen LogP contribution in [0.2, 0.25) is 0 Å². The topological polar surface area (TPSA) is 59.6 Å². The smallest absolute Gasteiger partial charge is 0.326 e. The molecule has 16 heavy (non-hydrogen) atoms. The molecule has 5 nitrogen and oxygen atoms in total. The van der Waals surface area contributed by atoms with Crippen molar-refractivity contribution in [2.24, 2.45) is 0 Å². The fraction of sp³-hybridized carbons (Fsp3) is 0.545. The molecule has 2 N–H and O–H groups in total. The van der Waals surface area contributed by atoms with Gasteiger partial charge in [-0.1, -0.05) is 17.7 Å². The highest BCUT2D eigenvalue weighted by atomic mass is 16.6. The van der Waals surface area contributed by atoms with Gasteiger partial charge in [-0.15, -0.1) is 6.58 Å². The molecule has 5 heteroatoms. The first-order valence-electron chi connectivity index (χ1n) is 5.16. The Hall–Kier alpha value is -1.17. The molecule has 0 aromatic rings. The average Bonchev–Trinajstić information content (AvgIpc) is 2.30. The molecule has 0 saturated carbocycles. The molecule has 1 rings (SSSR count). The molecule has 0 aliphatic carbocycles. The number of methoxy groups -OCH3 is 1. The zero-order valence-corrected chi connectivity index (χ0v) is 9.66. The molecule has 1 aliphatic heterocycles. The Bertz CT molecular complexity index is 289. The SMILES string of the molecule is C=CCON[C@H]1CN[C@H](C(=O)OC)C=C1C. The van der Waals surface area contributed by atoms with Gasteiger partial charge in [-0.3, -0.25) is 14.9 Å². The van der Waals surface area contributed by atoms with Gasteiger partial charge in [0.05, 0.1) is 19.8 Å². The second kappa shape index (κ2) is 6.42. The Balaban J connectivity index is 2.48. The van der Waals surface area contributed by atoms with Crippen molar-refractivity contribution in [2.75, 3.05) is 20.3 Å². The molecule has 0 aromatic heterocycles. The summed E-state index contributed by atoms with van der Waals surface area (Å²) in [5.41, 5.74) is 3.95. The van der Waals surface area contributed by atoms with Crippen molar-refractivity contribution in [1.29, 1.82) is 0 Å². The molecule has 1 heterocycles. The zero-order valence-electron chi connectivity index (χ0n) is 9.66. The number of carbonyl (C=O) groups excluding carboxylic acids is 1. The Morgan fingerprint density at radius 2 is 2.56 bits per heavy atom. The number of hydrogen-bond acceptors (Lipinski definition) is 5. The summed E-state index contributed by atoms with van der Waals surface area (Å²) < 4.78 is 4.66. The highest BCUT2D eigenvalue weighted by molar-refractivity contribution is 5.78. The molecule has 0 radical (unpaired) electrons. The van der Waals surface area contributed by atoms with E-state index < -0.39 is 0 Å². The van der Waals surface area contributed by atoms with Crippen molar-refractivity contribution >= 4 is 5.97 Å². The average molecular weight is 226 g/mol. The summed E-state index contributed by atoms with van der Waals surface area (Å²) in [6.07, 6.45) is 3.50. The number of hydrogen-bond donors (Lipinski definition) is 2. The lowest BCUT2D eigenvalue weighted by molar-refractivity contribution is -0.142. The molecule has 90 valence electrons. The summed E-state index contributed by atoms with van der Waals surface area (Å²) in [5, 5.41) is 3.06. The molecular weight excluding hydrogens is 208 g/mol. The van der Waals surface area contributed by atoms with Crippen molar-refractivity contribution in [3.8, 4) is 0 Å². The maximum atomic E-state index is 11.3. The van der Waals surface area contributed by atoms with Gasteiger partial charge < -0.3 is 4.74 Å². The predicted octanol–water partition coefficient (Wildman–Crippen LogP) is 0.153. The van der Waals surface area contributed by atoms with E-state index in [-0.39, 0.29) is 18.1 Å². The summed E-state index contributed by atoms with van der Waals surface area (Å²) in [5.74, 6) is -0.273. The predicted molar refractivity (Wildman–Crippen MR) is 60.6 cm³/mol. The Morgan fingerprint density at radius 1 is 1.81 bits per heavy atom. The van der Waals surface area contributed by atoms with Crippen LogP contribution in [0.25, 0.3) is 0 Å². The van der Waals surface area contributed by atoms with Gasteiger partial charge in [0.25, 0.3) is 0 Å². The van der Waals surface area contributed by atoms with Gasteiger partial charge in [0.15, 0.2) is 0 Å². The number of esters is 1. The van der Waals surface area contributed by atoms with E-state index in [4.69, 9.17) is 4.84 Å². The molecule has 0 unspecified atom stereocenters. The summed E-state index contributed by atoms with van der Waals surface area (Å²) >= 11 is 0. The molecule has 0 fully saturated rings. The van der Waals surface area contributed by atoms with Crippen molar-refractivity contribution in [3.63, 3.8) is 0 Å². The van der Waals surface area contributed by atoms with Gasteiger partial charge in [0, 0.05) is 6.54 Å².